The smallest absolute Gasteiger partial charge is 0.247 e. The van der Waals surface area contributed by atoms with E-state index in [0.29, 0.717) is 11.8 Å². The minimum absolute atomic E-state index is 0.0191. The Balaban J connectivity index is 2.28. The normalized spacial score (nSPS) is 21.2. The van der Waals surface area contributed by atoms with E-state index < -0.39 is 6.04 Å². The lowest BCUT2D eigenvalue weighted by atomic mass is 10.0. The van der Waals surface area contributed by atoms with Crippen molar-refractivity contribution in [3.63, 3.8) is 0 Å². The van der Waals surface area contributed by atoms with Crippen LogP contribution in [0.2, 0.25) is 0 Å². The van der Waals surface area contributed by atoms with Crippen molar-refractivity contribution in [3.8, 4) is 0 Å². The molecule has 0 saturated carbocycles. The first kappa shape index (κ1) is 13.9. The van der Waals surface area contributed by atoms with Crippen molar-refractivity contribution in [2.45, 2.75) is 18.2 Å². The fourth-order valence-corrected chi connectivity index (χ4v) is 2.48. The van der Waals surface area contributed by atoms with Crippen molar-refractivity contribution < 1.29 is 9.59 Å². The van der Waals surface area contributed by atoms with Crippen molar-refractivity contribution in [1.29, 1.82) is 0 Å². The largest absolute Gasteiger partial charge is 0.345 e. The molecule has 2 amide bonds. The van der Waals surface area contributed by atoms with Gasteiger partial charge in [-0.2, -0.15) is 11.8 Å². The summed E-state index contributed by atoms with van der Waals surface area (Å²) in [5.41, 5.74) is 0.862. The molecule has 1 heterocycles. The molecule has 0 aromatic heterocycles. The summed E-state index contributed by atoms with van der Waals surface area (Å²) in [6.07, 6.45) is 2.01. The molecule has 1 fully saturated rings. The van der Waals surface area contributed by atoms with Gasteiger partial charge in [-0.3, -0.25) is 9.59 Å². The SMILES string of the molecule is CSC(C)CN1C(=O)CNC(=O)C1c1ccccc1. The molecule has 1 aromatic carbocycles. The van der Waals surface area contributed by atoms with Crippen LogP contribution in [0, 0.1) is 0 Å². The Kier molecular flexibility index (Phi) is 4.47. The second kappa shape index (κ2) is 6.10. The lowest BCUT2D eigenvalue weighted by Crippen LogP contribution is -2.54. The molecule has 1 aliphatic heterocycles. The van der Waals surface area contributed by atoms with E-state index in [9.17, 15) is 9.59 Å². The molecule has 0 aliphatic carbocycles. The monoisotopic (exact) mass is 278 g/mol. The lowest BCUT2D eigenvalue weighted by Gasteiger charge is -2.36. The second-order valence-electron chi connectivity index (χ2n) is 4.62. The summed E-state index contributed by atoms with van der Waals surface area (Å²) in [5.74, 6) is -0.117. The summed E-state index contributed by atoms with van der Waals surface area (Å²) in [6.45, 7) is 2.75. The van der Waals surface area contributed by atoms with E-state index in [4.69, 9.17) is 0 Å². The van der Waals surface area contributed by atoms with Gasteiger partial charge >= 0.3 is 0 Å². The molecular formula is C14H18N2O2S. The zero-order valence-electron chi connectivity index (χ0n) is 11.1. The fourth-order valence-electron chi connectivity index (χ4n) is 2.17. The molecule has 1 N–H and O–H groups in total. The van der Waals surface area contributed by atoms with Gasteiger partial charge in [0.05, 0.1) is 6.54 Å². The van der Waals surface area contributed by atoms with E-state index >= 15 is 0 Å². The van der Waals surface area contributed by atoms with Gasteiger partial charge in [0, 0.05) is 11.8 Å². The summed E-state index contributed by atoms with van der Waals surface area (Å²) in [4.78, 5) is 25.9. The molecule has 1 saturated heterocycles. The molecule has 19 heavy (non-hydrogen) atoms. The van der Waals surface area contributed by atoms with Gasteiger partial charge in [0.2, 0.25) is 11.8 Å². The first-order valence-corrected chi connectivity index (χ1v) is 7.57. The zero-order valence-corrected chi connectivity index (χ0v) is 11.9. The van der Waals surface area contributed by atoms with Gasteiger partial charge in [0.1, 0.15) is 6.04 Å². The Hall–Kier alpha value is -1.49. The molecule has 4 nitrogen and oxygen atoms in total. The summed E-state index contributed by atoms with van der Waals surface area (Å²) in [5, 5.41) is 2.97. The van der Waals surface area contributed by atoms with Crippen LogP contribution in [0.1, 0.15) is 18.5 Å². The minimum atomic E-state index is -0.503. The van der Waals surface area contributed by atoms with Gasteiger partial charge < -0.3 is 10.2 Å². The van der Waals surface area contributed by atoms with Gasteiger partial charge in [0.25, 0.3) is 0 Å². The van der Waals surface area contributed by atoms with Crippen LogP contribution >= 0.6 is 11.8 Å². The highest BCUT2D eigenvalue weighted by Gasteiger charge is 2.35. The van der Waals surface area contributed by atoms with Gasteiger partial charge in [-0.1, -0.05) is 37.3 Å². The number of nitrogens with zero attached hydrogens (tertiary/aromatic N) is 1. The van der Waals surface area contributed by atoms with Crippen LogP contribution in [0.5, 0.6) is 0 Å². The van der Waals surface area contributed by atoms with E-state index in [1.165, 1.54) is 0 Å². The summed E-state index contributed by atoms with van der Waals surface area (Å²) < 4.78 is 0. The quantitative estimate of drug-likeness (QED) is 0.906. The molecule has 0 bridgehead atoms. The van der Waals surface area contributed by atoms with E-state index in [1.807, 2.05) is 36.6 Å². The first-order valence-electron chi connectivity index (χ1n) is 6.28. The maximum atomic E-state index is 12.1. The average molecular weight is 278 g/mol. The van der Waals surface area contributed by atoms with Gasteiger partial charge in [0.15, 0.2) is 0 Å². The van der Waals surface area contributed by atoms with Crippen molar-refractivity contribution in [1.82, 2.24) is 10.2 Å². The predicted octanol–water partition coefficient (Wildman–Crippen LogP) is 1.44. The molecule has 1 aliphatic rings. The molecule has 2 atom stereocenters. The van der Waals surface area contributed by atoms with Gasteiger partial charge in [-0.05, 0) is 11.8 Å². The van der Waals surface area contributed by atoms with Crippen LogP contribution in [0.15, 0.2) is 30.3 Å². The standard InChI is InChI=1S/C14H18N2O2S/c1-10(19-2)9-16-12(17)8-15-14(18)13(16)11-6-4-3-5-7-11/h3-7,10,13H,8-9H2,1-2H3,(H,15,18). The number of carbonyl (C=O) groups excluding carboxylic acids is 2. The maximum Gasteiger partial charge on any atom is 0.247 e. The first-order chi connectivity index (χ1) is 9.13. The highest BCUT2D eigenvalue weighted by atomic mass is 32.2. The summed E-state index contributed by atoms with van der Waals surface area (Å²) >= 11 is 1.69. The Bertz CT molecular complexity index is 464. The zero-order chi connectivity index (χ0) is 13.8. The average Bonchev–Trinajstić information content (AvgIpc) is 2.44. The Morgan fingerprint density at radius 3 is 2.68 bits per heavy atom. The molecule has 5 heteroatoms. The van der Waals surface area contributed by atoms with Crippen LogP contribution in [-0.4, -0.2) is 41.3 Å². The Morgan fingerprint density at radius 2 is 2.05 bits per heavy atom. The topological polar surface area (TPSA) is 49.4 Å². The second-order valence-corrected chi connectivity index (χ2v) is 5.90. The van der Waals surface area contributed by atoms with Crippen LogP contribution in [0.4, 0.5) is 0 Å². The highest BCUT2D eigenvalue weighted by molar-refractivity contribution is 7.99. The van der Waals surface area contributed by atoms with Crippen LogP contribution < -0.4 is 5.32 Å². The molecule has 1 aromatic rings. The number of hydrogen-bond donors (Lipinski definition) is 1. The lowest BCUT2D eigenvalue weighted by molar-refractivity contribution is -0.145. The summed E-state index contributed by atoms with van der Waals surface area (Å²) in [7, 11) is 0. The van der Waals surface area contributed by atoms with E-state index in [0.717, 1.165) is 5.56 Å². The number of hydrogen-bond acceptors (Lipinski definition) is 3. The number of rotatable bonds is 4. The van der Waals surface area contributed by atoms with Crippen LogP contribution in [0.25, 0.3) is 0 Å². The van der Waals surface area contributed by atoms with E-state index in [2.05, 4.69) is 12.2 Å². The number of piperazine rings is 1. The van der Waals surface area contributed by atoms with E-state index in [-0.39, 0.29) is 18.4 Å². The van der Waals surface area contributed by atoms with Crippen molar-refractivity contribution in [2.24, 2.45) is 0 Å². The van der Waals surface area contributed by atoms with Crippen LogP contribution in [-0.2, 0) is 9.59 Å². The third-order valence-electron chi connectivity index (χ3n) is 3.27. The molecule has 2 unspecified atom stereocenters. The van der Waals surface area contributed by atoms with Crippen LogP contribution in [0.3, 0.4) is 0 Å². The number of thioether (sulfide) groups is 1. The fraction of sp³-hybridized carbons (Fsp3) is 0.429. The third-order valence-corrected chi connectivity index (χ3v) is 4.22. The number of carbonyl (C=O) groups is 2. The highest BCUT2D eigenvalue weighted by Crippen LogP contribution is 2.25. The Morgan fingerprint density at radius 1 is 1.37 bits per heavy atom. The van der Waals surface area contributed by atoms with Gasteiger partial charge in [-0.15, -0.1) is 0 Å². The predicted molar refractivity (Wildman–Crippen MR) is 76.9 cm³/mol. The van der Waals surface area contributed by atoms with Crippen molar-refractivity contribution >= 4 is 23.6 Å². The summed E-state index contributed by atoms with van der Waals surface area (Å²) in [6, 6.07) is 8.95. The molecular weight excluding hydrogens is 260 g/mol. The minimum Gasteiger partial charge on any atom is -0.345 e. The van der Waals surface area contributed by atoms with Crippen molar-refractivity contribution in [2.75, 3.05) is 19.3 Å². The molecule has 0 spiro atoms. The number of amides is 2. The number of nitrogens with one attached hydrogen (secondary N) is 1. The molecule has 0 radical (unpaired) electrons. The maximum absolute atomic E-state index is 12.1. The van der Waals surface area contributed by atoms with Gasteiger partial charge in [-0.25, -0.2) is 0 Å². The Labute approximate surface area is 117 Å². The molecule has 2 rings (SSSR count). The van der Waals surface area contributed by atoms with Crippen molar-refractivity contribution in [3.05, 3.63) is 35.9 Å². The molecule has 102 valence electrons. The third kappa shape index (κ3) is 3.10. The van der Waals surface area contributed by atoms with E-state index in [1.54, 1.807) is 16.7 Å². The number of benzene rings is 1.